The molecule has 0 aliphatic carbocycles. The van der Waals surface area contributed by atoms with Crippen molar-refractivity contribution in [2.45, 2.75) is 0 Å². The van der Waals surface area contributed by atoms with Crippen LogP contribution < -0.4 is 4.74 Å². The first kappa shape index (κ1) is 12.9. The molecule has 0 unspecified atom stereocenters. The number of carbonyl (C=O) groups is 1. The lowest BCUT2D eigenvalue weighted by molar-refractivity contribution is 0.101. The summed E-state index contributed by atoms with van der Waals surface area (Å²) in [6.07, 6.45) is 0. The van der Waals surface area contributed by atoms with E-state index < -0.39 is 0 Å². The number of ketones is 1. The van der Waals surface area contributed by atoms with Crippen LogP contribution in [0.25, 0.3) is 11.0 Å². The maximum absolute atomic E-state index is 12.5. The first-order valence-electron chi connectivity index (χ1n) is 6.06. The minimum absolute atomic E-state index is 0.189. The Kier molecular flexibility index (Phi) is 3.32. The first-order valence-corrected chi connectivity index (χ1v) is 6.86. The van der Waals surface area contributed by atoms with Gasteiger partial charge in [-0.05, 0) is 40.2 Å². The molecule has 0 saturated heterocycles. The van der Waals surface area contributed by atoms with Gasteiger partial charge >= 0.3 is 0 Å². The molecule has 0 saturated carbocycles. The molecule has 1 heterocycles. The Hall–Kier alpha value is -2.07. The van der Waals surface area contributed by atoms with Crippen molar-refractivity contribution in [1.29, 1.82) is 0 Å². The molecule has 20 heavy (non-hydrogen) atoms. The molecule has 4 heteroatoms. The predicted octanol–water partition coefficient (Wildman–Crippen LogP) is 4.43. The van der Waals surface area contributed by atoms with Crippen LogP contribution in [0.3, 0.4) is 0 Å². The van der Waals surface area contributed by atoms with Crippen molar-refractivity contribution in [2.24, 2.45) is 0 Å². The van der Waals surface area contributed by atoms with Crippen LogP contribution in [0.5, 0.6) is 5.75 Å². The van der Waals surface area contributed by atoms with Crippen molar-refractivity contribution in [3.8, 4) is 5.75 Å². The average Bonchev–Trinajstić information content (AvgIpc) is 2.92. The van der Waals surface area contributed by atoms with Gasteiger partial charge in [0.05, 0.1) is 17.1 Å². The molecule has 0 fully saturated rings. The maximum atomic E-state index is 12.5. The van der Waals surface area contributed by atoms with Crippen molar-refractivity contribution in [3.63, 3.8) is 0 Å². The van der Waals surface area contributed by atoms with E-state index in [0.717, 1.165) is 9.86 Å². The third kappa shape index (κ3) is 2.12. The summed E-state index contributed by atoms with van der Waals surface area (Å²) in [5.74, 6) is 0.652. The normalized spacial score (nSPS) is 10.7. The predicted molar refractivity (Wildman–Crippen MR) is 80.3 cm³/mol. The van der Waals surface area contributed by atoms with Gasteiger partial charge in [-0.15, -0.1) is 0 Å². The Morgan fingerprint density at radius 1 is 1.15 bits per heavy atom. The lowest BCUT2D eigenvalue weighted by atomic mass is 10.1. The molecule has 0 radical (unpaired) electrons. The van der Waals surface area contributed by atoms with Crippen LogP contribution in [-0.4, -0.2) is 12.9 Å². The van der Waals surface area contributed by atoms with Crippen LogP contribution in [0.1, 0.15) is 16.1 Å². The summed E-state index contributed by atoms with van der Waals surface area (Å²) in [5, 5.41) is 0.887. The van der Waals surface area contributed by atoms with Gasteiger partial charge in [-0.2, -0.15) is 0 Å². The van der Waals surface area contributed by atoms with Crippen molar-refractivity contribution in [2.75, 3.05) is 7.11 Å². The summed E-state index contributed by atoms with van der Waals surface area (Å²) >= 11 is 3.41. The van der Waals surface area contributed by atoms with Crippen LogP contribution in [0.4, 0.5) is 0 Å². The van der Waals surface area contributed by atoms with Gasteiger partial charge in [0.15, 0.2) is 5.76 Å². The van der Waals surface area contributed by atoms with Crippen molar-refractivity contribution < 1.29 is 13.9 Å². The standard InChI is InChI=1S/C16H11BrO3/c1-19-13-8-3-2-6-11(13)15(18)14-9-10-5-4-7-12(17)16(10)20-14/h2-9H,1H3. The number of ether oxygens (including phenoxy) is 1. The first-order chi connectivity index (χ1) is 9.70. The second-order valence-electron chi connectivity index (χ2n) is 4.30. The Balaban J connectivity index is 2.11. The third-order valence-electron chi connectivity index (χ3n) is 3.07. The largest absolute Gasteiger partial charge is 0.496 e. The maximum Gasteiger partial charge on any atom is 0.231 e. The number of furan rings is 1. The van der Waals surface area contributed by atoms with Crippen molar-refractivity contribution >= 4 is 32.7 Å². The van der Waals surface area contributed by atoms with E-state index >= 15 is 0 Å². The number of methoxy groups -OCH3 is 1. The number of benzene rings is 2. The fourth-order valence-corrected chi connectivity index (χ4v) is 2.57. The molecule has 100 valence electrons. The van der Waals surface area contributed by atoms with E-state index in [1.165, 1.54) is 0 Å². The molecule has 0 aliphatic heterocycles. The van der Waals surface area contributed by atoms with Crippen LogP contribution in [0.15, 0.2) is 57.4 Å². The monoisotopic (exact) mass is 330 g/mol. The van der Waals surface area contributed by atoms with E-state index in [-0.39, 0.29) is 5.78 Å². The highest BCUT2D eigenvalue weighted by molar-refractivity contribution is 9.10. The summed E-state index contributed by atoms with van der Waals surface area (Å²) < 4.78 is 11.7. The fraction of sp³-hybridized carbons (Fsp3) is 0.0625. The Morgan fingerprint density at radius 3 is 2.70 bits per heavy atom. The van der Waals surface area contributed by atoms with E-state index in [1.807, 2.05) is 24.3 Å². The molecular formula is C16H11BrO3. The second kappa shape index (κ2) is 5.13. The topological polar surface area (TPSA) is 39.4 Å². The highest BCUT2D eigenvalue weighted by Gasteiger charge is 2.18. The number of halogens is 1. The molecule has 0 amide bonds. The molecule has 3 nitrogen and oxygen atoms in total. The van der Waals surface area contributed by atoms with E-state index in [0.29, 0.717) is 22.7 Å². The Bertz CT molecular complexity index is 789. The van der Waals surface area contributed by atoms with Gasteiger partial charge in [0, 0.05) is 5.39 Å². The van der Waals surface area contributed by atoms with Gasteiger partial charge in [-0.25, -0.2) is 0 Å². The van der Waals surface area contributed by atoms with Gasteiger partial charge < -0.3 is 9.15 Å². The van der Waals surface area contributed by atoms with Crippen LogP contribution >= 0.6 is 15.9 Å². The lowest BCUT2D eigenvalue weighted by Gasteiger charge is -2.04. The number of carbonyl (C=O) groups excluding carboxylic acids is 1. The van der Waals surface area contributed by atoms with Gasteiger partial charge in [-0.3, -0.25) is 4.79 Å². The number of para-hydroxylation sites is 2. The van der Waals surface area contributed by atoms with E-state index in [2.05, 4.69) is 15.9 Å². The molecule has 3 aromatic rings. The van der Waals surface area contributed by atoms with Gasteiger partial charge in [0.2, 0.25) is 5.78 Å². The van der Waals surface area contributed by atoms with Gasteiger partial charge in [0.25, 0.3) is 0 Å². The average molecular weight is 331 g/mol. The lowest BCUT2D eigenvalue weighted by Crippen LogP contribution is -2.02. The highest BCUT2D eigenvalue weighted by atomic mass is 79.9. The van der Waals surface area contributed by atoms with Crippen LogP contribution in [0, 0.1) is 0 Å². The van der Waals surface area contributed by atoms with Crippen molar-refractivity contribution in [3.05, 3.63) is 64.3 Å². The molecule has 2 aromatic carbocycles. The molecule has 0 spiro atoms. The molecule has 0 aliphatic rings. The number of rotatable bonds is 3. The summed E-state index contributed by atoms with van der Waals surface area (Å²) in [7, 11) is 1.54. The SMILES string of the molecule is COc1ccccc1C(=O)c1cc2cccc(Br)c2o1. The second-order valence-corrected chi connectivity index (χ2v) is 5.15. The Labute approximate surface area is 124 Å². The smallest absolute Gasteiger partial charge is 0.231 e. The Morgan fingerprint density at radius 2 is 1.95 bits per heavy atom. The molecule has 0 bridgehead atoms. The summed E-state index contributed by atoms with van der Waals surface area (Å²) in [6.45, 7) is 0. The minimum Gasteiger partial charge on any atom is -0.496 e. The van der Waals surface area contributed by atoms with Crippen LogP contribution in [0.2, 0.25) is 0 Å². The van der Waals surface area contributed by atoms with Gasteiger partial charge in [-0.1, -0.05) is 24.3 Å². The number of hydrogen-bond donors (Lipinski definition) is 0. The summed E-state index contributed by atoms with van der Waals surface area (Å²) in [6, 6.07) is 14.5. The zero-order valence-electron chi connectivity index (χ0n) is 10.7. The molecular weight excluding hydrogens is 320 g/mol. The van der Waals surface area contributed by atoms with Gasteiger partial charge in [0.1, 0.15) is 11.3 Å². The highest BCUT2D eigenvalue weighted by Crippen LogP contribution is 2.29. The zero-order valence-corrected chi connectivity index (χ0v) is 12.3. The summed E-state index contributed by atoms with van der Waals surface area (Å²) in [5.41, 5.74) is 1.16. The van der Waals surface area contributed by atoms with E-state index in [1.54, 1.807) is 31.4 Å². The summed E-state index contributed by atoms with van der Waals surface area (Å²) in [4.78, 5) is 12.5. The quantitative estimate of drug-likeness (QED) is 0.666. The molecule has 3 rings (SSSR count). The zero-order chi connectivity index (χ0) is 14.1. The molecule has 1 aromatic heterocycles. The van der Waals surface area contributed by atoms with E-state index in [9.17, 15) is 4.79 Å². The fourth-order valence-electron chi connectivity index (χ4n) is 2.10. The van der Waals surface area contributed by atoms with Crippen molar-refractivity contribution in [1.82, 2.24) is 0 Å². The minimum atomic E-state index is -0.189. The molecule has 0 atom stereocenters. The number of hydrogen-bond acceptors (Lipinski definition) is 3. The van der Waals surface area contributed by atoms with E-state index in [4.69, 9.17) is 9.15 Å². The third-order valence-corrected chi connectivity index (χ3v) is 3.70. The van der Waals surface area contributed by atoms with Crippen LogP contribution in [-0.2, 0) is 0 Å². The number of fused-ring (bicyclic) bond motifs is 1. The molecule has 0 N–H and O–H groups in total.